The van der Waals surface area contributed by atoms with Gasteiger partial charge in [0.05, 0.1) is 0 Å². The highest BCUT2D eigenvalue weighted by atomic mass is 15.2. The summed E-state index contributed by atoms with van der Waals surface area (Å²) in [5.74, 6) is 1.35. The van der Waals surface area contributed by atoms with Crippen LogP contribution in [-0.2, 0) is 0 Å². The first-order chi connectivity index (χ1) is 10.1. The monoisotopic (exact) mass is 289 g/mol. The van der Waals surface area contributed by atoms with Crippen molar-refractivity contribution in [2.45, 2.75) is 31.2 Å². The number of rotatable bonds is 6. The van der Waals surface area contributed by atoms with Gasteiger partial charge in [-0.15, -0.1) is 0 Å². The van der Waals surface area contributed by atoms with E-state index in [-0.39, 0.29) is 0 Å². The third-order valence-corrected chi connectivity index (χ3v) is 5.00. The van der Waals surface area contributed by atoms with E-state index in [0.717, 1.165) is 19.6 Å². The molecule has 0 aliphatic heterocycles. The van der Waals surface area contributed by atoms with E-state index in [0.29, 0.717) is 17.9 Å². The predicted molar refractivity (Wildman–Crippen MR) is 90.6 cm³/mol. The molecular formula is C18H31N3. The van der Waals surface area contributed by atoms with Gasteiger partial charge in [-0.3, -0.25) is 0 Å². The Kier molecular flexibility index (Phi) is 6.22. The number of nitrogens with zero attached hydrogens (tertiary/aromatic N) is 2. The lowest BCUT2D eigenvalue weighted by atomic mass is 9.75. The van der Waals surface area contributed by atoms with Crippen molar-refractivity contribution in [3.05, 3.63) is 35.9 Å². The van der Waals surface area contributed by atoms with Crippen molar-refractivity contribution in [2.75, 3.05) is 40.8 Å². The Morgan fingerprint density at radius 2 is 1.76 bits per heavy atom. The van der Waals surface area contributed by atoms with Gasteiger partial charge in [0.25, 0.3) is 0 Å². The maximum atomic E-state index is 6.03. The summed E-state index contributed by atoms with van der Waals surface area (Å²) in [4.78, 5) is 4.79. The lowest BCUT2D eigenvalue weighted by Crippen LogP contribution is -2.46. The van der Waals surface area contributed by atoms with Gasteiger partial charge in [0.1, 0.15) is 0 Å². The second kappa shape index (κ2) is 7.92. The number of hydrogen-bond acceptors (Lipinski definition) is 3. The molecule has 1 saturated carbocycles. The third kappa shape index (κ3) is 4.53. The molecule has 3 nitrogen and oxygen atoms in total. The van der Waals surface area contributed by atoms with Gasteiger partial charge in [0.2, 0.25) is 0 Å². The van der Waals surface area contributed by atoms with E-state index in [1.807, 2.05) is 0 Å². The van der Waals surface area contributed by atoms with Crippen LogP contribution in [0, 0.1) is 5.92 Å². The fraction of sp³-hybridized carbons (Fsp3) is 0.667. The highest BCUT2D eigenvalue weighted by Gasteiger charge is 2.32. The highest BCUT2D eigenvalue weighted by Crippen LogP contribution is 2.37. The van der Waals surface area contributed by atoms with Gasteiger partial charge in [-0.2, -0.15) is 0 Å². The molecule has 2 N–H and O–H groups in total. The summed E-state index contributed by atoms with van der Waals surface area (Å²) in [5, 5.41) is 0. The van der Waals surface area contributed by atoms with Crippen LogP contribution in [-0.4, -0.2) is 56.6 Å². The molecule has 0 saturated heterocycles. The SMILES string of the molecule is CN(C)CCN(C)C1CC(c2ccccc2)CCC1CN. The quantitative estimate of drug-likeness (QED) is 0.873. The van der Waals surface area contributed by atoms with Crippen molar-refractivity contribution in [1.29, 1.82) is 0 Å². The Morgan fingerprint density at radius 1 is 1.05 bits per heavy atom. The molecule has 0 radical (unpaired) electrons. The smallest absolute Gasteiger partial charge is 0.0139 e. The molecule has 118 valence electrons. The van der Waals surface area contributed by atoms with Gasteiger partial charge in [0.15, 0.2) is 0 Å². The minimum Gasteiger partial charge on any atom is -0.330 e. The third-order valence-electron chi connectivity index (χ3n) is 5.00. The Hall–Kier alpha value is -0.900. The summed E-state index contributed by atoms with van der Waals surface area (Å²) in [6.07, 6.45) is 3.78. The van der Waals surface area contributed by atoms with Gasteiger partial charge in [-0.25, -0.2) is 0 Å². The zero-order valence-electron chi connectivity index (χ0n) is 13.8. The average Bonchev–Trinajstić information content (AvgIpc) is 2.52. The summed E-state index contributed by atoms with van der Waals surface area (Å²) in [5.41, 5.74) is 7.53. The standard InChI is InChI=1S/C18H31N3/c1-20(2)11-12-21(3)18-13-16(9-10-17(18)14-19)15-7-5-4-6-8-15/h4-8,16-18H,9-14,19H2,1-3H3. The van der Waals surface area contributed by atoms with Crippen molar-refractivity contribution in [3.8, 4) is 0 Å². The van der Waals surface area contributed by atoms with E-state index in [1.54, 1.807) is 0 Å². The molecule has 1 aromatic carbocycles. The van der Waals surface area contributed by atoms with E-state index in [4.69, 9.17) is 5.73 Å². The summed E-state index contributed by atoms with van der Waals surface area (Å²) in [7, 11) is 6.55. The van der Waals surface area contributed by atoms with Gasteiger partial charge in [-0.1, -0.05) is 30.3 Å². The molecule has 2 rings (SSSR count). The zero-order chi connectivity index (χ0) is 15.2. The molecule has 0 aromatic heterocycles. The van der Waals surface area contributed by atoms with E-state index < -0.39 is 0 Å². The largest absolute Gasteiger partial charge is 0.330 e. The molecule has 21 heavy (non-hydrogen) atoms. The maximum Gasteiger partial charge on any atom is 0.0139 e. The second-order valence-electron chi connectivity index (χ2n) is 6.77. The lowest BCUT2D eigenvalue weighted by Gasteiger charge is -2.41. The Labute approximate surface area is 130 Å². The van der Waals surface area contributed by atoms with Gasteiger partial charge >= 0.3 is 0 Å². The number of likely N-dealkylation sites (N-methyl/N-ethyl adjacent to an activating group) is 2. The normalized spacial score (nSPS) is 26.5. The van der Waals surface area contributed by atoms with Crippen LogP contribution in [0.15, 0.2) is 30.3 Å². The molecule has 0 spiro atoms. The zero-order valence-corrected chi connectivity index (χ0v) is 13.8. The van der Waals surface area contributed by atoms with E-state index in [1.165, 1.54) is 24.8 Å². The summed E-state index contributed by atoms with van der Waals surface area (Å²) < 4.78 is 0. The van der Waals surface area contributed by atoms with Crippen LogP contribution in [0.5, 0.6) is 0 Å². The Balaban J connectivity index is 2.02. The van der Waals surface area contributed by atoms with Gasteiger partial charge in [-0.05, 0) is 64.3 Å². The second-order valence-corrected chi connectivity index (χ2v) is 6.77. The van der Waals surface area contributed by atoms with Crippen molar-refractivity contribution in [3.63, 3.8) is 0 Å². The van der Waals surface area contributed by atoms with E-state index >= 15 is 0 Å². The van der Waals surface area contributed by atoms with Crippen LogP contribution < -0.4 is 5.73 Å². The molecule has 0 bridgehead atoms. The van der Waals surface area contributed by atoms with Crippen molar-refractivity contribution in [2.24, 2.45) is 11.7 Å². The van der Waals surface area contributed by atoms with Crippen molar-refractivity contribution < 1.29 is 0 Å². The van der Waals surface area contributed by atoms with Gasteiger partial charge < -0.3 is 15.5 Å². The average molecular weight is 289 g/mol. The molecule has 1 fully saturated rings. The maximum absolute atomic E-state index is 6.03. The first-order valence-corrected chi connectivity index (χ1v) is 8.21. The summed E-state index contributed by atoms with van der Waals surface area (Å²) in [6, 6.07) is 11.6. The Morgan fingerprint density at radius 3 is 2.38 bits per heavy atom. The number of nitrogens with two attached hydrogens (primary N) is 1. The molecular weight excluding hydrogens is 258 g/mol. The molecule has 0 amide bonds. The van der Waals surface area contributed by atoms with E-state index in [9.17, 15) is 0 Å². The van der Waals surface area contributed by atoms with Crippen LogP contribution in [0.3, 0.4) is 0 Å². The van der Waals surface area contributed by atoms with Crippen molar-refractivity contribution in [1.82, 2.24) is 9.80 Å². The molecule has 3 atom stereocenters. The molecule has 3 heteroatoms. The van der Waals surface area contributed by atoms with Crippen LogP contribution in [0.2, 0.25) is 0 Å². The number of hydrogen-bond donors (Lipinski definition) is 1. The summed E-state index contributed by atoms with van der Waals surface area (Å²) in [6.45, 7) is 3.05. The summed E-state index contributed by atoms with van der Waals surface area (Å²) >= 11 is 0. The minimum absolute atomic E-state index is 0.619. The molecule has 1 aliphatic rings. The van der Waals surface area contributed by atoms with Crippen LogP contribution in [0.4, 0.5) is 0 Å². The number of benzene rings is 1. The molecule has 1 aromatic rings. The van der Waals surface area contributed by atoms with Gasteiger partial charge in [0, 0.05) is 19.1 Å². The van der Waals surface area contributed by atoms with E-state index in [2.05, 4.69) is 61.3 Å². The molecule has 1 aliphatic carbocycles. The topological polar surface area (TPSA) is 32.5 Å². The molecule has 3 unspecified atom stereocenters. The van der Waals surface area contributed by atoms with Crippen molar-refractivity contribution >= 4 is 0 Å². The first-order valence-electron chi connectivity index (χ1n) is 8.21. The Bertz CT molecular complexity index is 404. The fourth-order valence-electron chi connectivity index (χ4n) is 3.58. The predicted octanol–water partition coefficient (Wildman–Crippen LogP) is 2.39. The minimum atomic E-state index is 0.619. The van der Waals surface area contributed by atoms with Crippen LogP contribution in [0.1, 0.15) is 30.7 Å². The van der Waals surface area contributed by atoms with Crippen LogP contribution in [0.25, 0.3) is 0 Å². The van der Waals surface area contributed by atoms with Crippen LogP contribution >= 0.6 is 0 Å². The fourth-order valence-corrected chi connectivity index (χ4v) is 3.58. The molecule has 0 heterocycles. The first kappa shape index (κ1) is 16.5. The lowest BCUT2D eigenvalue weighted by molar-refractivity contribution is 0.115. The highest BCUT2D eigenvalue weighted by molar-refractivity contribution is 5.20.